The lowest BCUT2D eigenvalue weighted by Gasteiger charge is -2.28. The lowest BCUT2D eigenvalue weighted by molar-refractivity contribution is 0.00688. The Balaban J connectivity index is 1.70. The Hall–Kier alpha value is -1.80. The standard InChI is InChI=1S/C18H20O2/c19-17-8-4-5-9-18(17)20-16-12-10-15(11-13-16)14-6-2-1-3-7-14/h1-3,6-7,10-13,17-19H,4-5,8-9H2/t17-,18-/m0/s1. The Morgan fingerprint density at radius 3 is 2.15 bits per heavy atom. The minimum Gasteiger partial charge on any atom is -0.488 e. The van der Waals surface area contributed by atoms with Gasteiger partial charge >= 0.3 is 0 Å². The van der Waals surface area contributed by atoms with Crippen molar-refractivity contribution in [3.63, 3.8) is 0 Å². The van der Waals surface area contributed by atoms with Crippen LogP contribution in [0.2, 0.25) is 0 Å². The van der Waals surface area contributed by atoms with Crippen LogP contribution in [0.4, 0.5) is 0 Å². The highest BCUT2D eigenvalue weighted by Crippen LogP contribution is 2.26. The normalized spacial score (nSPS) is 22.4. The Labute approximate surface area is 120 Å². The third-order valence-corrected chi connectivity index (χ3v) is 3.92. The molecule has 20 heavy (non-hydrogen) atoms. The van der Waals surface area contributed by atoms with E-state index in [2.05, 4.69) is 24.3 Å². The zero-order valence-electron chi connectivity index (χ0n) is 11.5. The van der Waals surface area contributed by atoms with Gasteiger partial charge in [0.1, 0.15) is 11.9 Å². The van der Waals surface area contributed by atoms with E-state index in [0.29, 0.717) is 0 Å². The summed E-state index contributed by atoms with van der Waals surface area (Å²) in [5.74, 6) is 0.843. The minimum atomic E-state index is -0.322. The van der Waals surface area contributed by atoms with Gasteiger partial charge in [0, 0.05) is 0 Å². The average molecular weight is 268 g/mol. The predicted molar refractivity (Wildman–Crippen MR) is 80.8 cm³/mol. The average Bonchev–Trinajstić information content (AvgIpc) is 2.51. The van der Waals surface area contributed by atoms with Gasteiger partial charge in [-0.15, -0.1) is 0 Å². The third kappa shape index (κ3) is 3.02. The van der Waals surface area contributed by atoms with E-state index in [1.165, 1.54) is 11.1 Å². The molecule has 0 bridgehead atoms. The van der Waals surface area contributed by atoms with Gasteiger partial charge in [0.2, 0.25) is 0 Å². The maximum Gasteiger partial charge on any atom is 0.124 e. The summed E-state index contributed by atoms with van der Waals surface area (Å²) >= 11 is 0. The van der Waals surface area contributed by atoms with Gasteiger partial charge in [-0.25, -0.2) is 0 Å². The molecule has 1 N–H and O–H groups in total. The van der Waals surface area contributed by atoms with Gasteiger partial charge in [-0.2, -0.15) is 0 Å². The maximum atomic E-state index is 9.94. The fourth-order valence-corrected chi connectivity index (χ4v) is 2.75. The van der Waals surface area contributed by atoms with E-state index in [9.17, 15) is 5.11 Å². The summed E-state index contributed by atoms with van der Waals surface area (Å²) in [6.07, 6.45) is 3.68. The van der Waals surface area contributed by atoms with Gasteiger partial charge < -0.3 is 9.84 Å². The molecule has 2 heteroatoms. The Morgan fingerprint density at radius 2 is 1.45 bits per heavy atom. The smallest absolute Gasteiger partial charge is 0.124 e. The van der Waals surface area contributed by atoms with Crippen LogP contribution in [0.3, 0.4) is 0 Å². The number of hydrogen-bond donors (Lipinski definition) is 1. The van der Waals surface area contributed by atoms with Crippen LogP contribution in [0.1, 0.15) is 25.7 Å². The van der Waals surface area contributed by atoms with Crippen molar-refractivity contribution in [1.29, 1.82) is 0 Å². The van der Waals surface area contributed by atoms with E-state index < -0.39 is 0 Å². The molecule has 0 heterocycles. The lowest BCUT2D eigenvalue weighted by Crippen LogP contribution is -2.34. The summed E-state index contributed by atoms with van der Waals surface area (Å²) in [5.41, 5.74) is 2.39. The molecule has 1 saturated carbocycles. The highest BCUT2D eigenvalue weighted by atomic mass is 16.5. The molecule has 1 aliphatic rings. The maximum absolute atomic E-state index is 9.94. The molecule has 2 atom stereocenters. The van der Waals surface area contributed by atoms with E-state index in [1.807, 2.05) is 30.3 Å². The van der Waals surface area contributed by atoms with Crippen molar-refractivity contribution in [1.82, 2.24) is 0 Å². The van der Waals surface area contributed by atoms with Crippen molar-refractivity contribution in [2.75, 3.05) is 0 Å². The van der Waals surface area contributed by atoms with Crippen LogP contribution in [-0.2, 0) is 0 Å². The highest BCUT2D eigenvalue weighted by Gasteiger charge is 2.24. The molecular weight excluding hydrogens is 248 g/mol. The van der Waals surface area contributed by atoms with Crippen LogP contribution in [-0.4, -0.2) is 17.3 Å². The Bertz CT molecular complexity index is 533. The summed E-state index contributed by atoms with van der Waals surface area (Å²) in [6.45, 7) is 0. The molecule has 0 aliphatic heterocycles. The molecule has 0 spiro atoms. The van der Waals surface area contributed by atoms with E-state index in [1.54, 1.807) is 0 Å². The highest BCUT2D eigenvalue weighted by molar-refractivity contribution is 5.63. The van der Waals surface area contributed by atoms with Gasteiger partial charge in [-0.05, 0) is 42.5 Å². The van der Waals surface area contributed by atoms with E-state index in [0.717, 1.165) is 31.4 Å². The second-order valence-electron chi connectivity index (χ2n) is 5.40. The van der Waals surface area contributed by atoms with Crippen LogP contribution in [0.15, 0.2) is 54.6 Å². The van der Waals surface area contributed by atoms with Crippen molar-refractivity contribution in [2.24, 2.45) is 0 Å². The van der Waals surface area contributed by atoms with E-state index in [-0.39, 0.29) is 12.2 Å². The first-order valence-electron chi connectivity index (χ1n) is 7.33. The molecule has 2 nitrogen and oxygen atoms in total. The first-order valence-corrected chi connectivity index (χ1v) is 7.33. The minimum absolute atomic E-state index is 0.0497. The molecule has 104 valence electrons. The number of aliphatic hydroxyl groups excluding tert-OH is 1. The van der Waals surface area contributed by atoms with Crippen molar-refractivity contribution in [3.8, 4) is 16.9 Å². The molecular formula is C18H20O2. The van der Waals surface area contributed by atoms with Crippen LogP contribution in [0.25, 0.3) is 11.1 Å². The SMILES string of the molecule is O[C@H]1CCCC[C@@H]1Oc1ccc(-c2ccccc2)cc1. The number of ether oxygens (including phenoxy) is 1. The molecule has 0 amide bonds. The first kappa shape index (κ1) is 13.2. The zero-order chi connectivity index (χ0) is 13.8. The van der Waals surface area contributed by atoms with Crippen LogP contribution >= 0.6 is 0 Å². The second-order valence-corrected chi connectivity index (χ2v) is 5.40. The number of benzene rings is 2. The van der Waals surface area contributed by atoms with Gasteiger partial charge in [-0.3, -0.25) is 0 Å². The van der Waals surface area contributed by atoms with Crippen LogP contribution in [0.5, 0.6) is 5.75 Å². The largest absolute Gasteiger partial charge is 0.488 e. The summed E-state index contributed by atoms with van der Waals surface area (Å²) in [7, 11) is 0. The Kier molecular flexibility index (Phi) is 4.03. The molecule has 1 fully saturated rings. The van der Waals surface area contributed by atoms with Crippen molar-refractivity contribution >= 4 is 0 Å². The van der Waals surface area contributed by atoms with Gasteiger partial charge in [0.05, 0.1) is 6.10 Å². The van der Waals surface area contributed by atoms with Crippen LogP contribution < -0.4 is 4.74 Å². The van der Waals surface area contributed by atoms with Crippen molar-refractivity contribution < 1.29 is 9.84 Å². The molecule has 2 aromatic rings. The molecule has 3 rings (SSSR count). The molecule has 0 radical (unpaired) electrons. The predicted octanol–water partition coefficient (Wildman–Crippen LogP) is 4.04. The molecule has 0 unspecified atom stereocenters. The molecule has 0 saturated heterocycles. The fourth-order valence-electron chi connectivity index (χ4n) is 2.75. The number of rotatable bonds is 3. The van der Waals surface area contributed by atoms with E-state index >= 15 is 0 Å². The summed E-state index contributed by atoms with van der Waals surface area (Å²) in [5, 5.41) is 9.94. The molecule has 2 aromatic carbocycles. The fraction of sp³-hybridized carbons (Fsp3) is 0.333. The summed E-state index contributed by atoms with van der Waals surface area (Å²) in [4.78, 5) is 0. The van der Waals surface area contributed by atoms with Gasteiger partial charge in [0.15, 0.2) is 0 Å². The topological polar surface area (TPSA) is 29.5 Å². The quantitative estimate of drug-likeness (QED) is 0.910. The lowest BCUT2D eigenvalue weighted by atomic mass is 9.95. The number of aliphatic hydroxyl groups is 1. The molecule has 1 aliphatic carbocycles. The van der Waals surface area contributed by atoms with Crippen molar-refractivity contribution in [3.05, 3.63) is 54.6 Å². The summed E-state index contributed by atoms with van der Waals surface area (Å²) < 4.78 is 5.91. The van der Waals surface area contributed by atoms with Gasteiger partial charge in [0.25, 0.3) is 0 Å². The monoisotopic (exact) mass is 268 g/mol. The second kappa shape index (κ2) is 6.10. The van der Waals surface area contributed by atoms with Crippen molar-refractivity contribution in [2.45, 2.75) is 37.9 Å². The number of hydrogen-bond acceptors (Lipinski definition) is 2. The molecule has 0 aromatic heterocycles. The third-order valence-electron chi connectivity index (χ3n) is 3.92. The first-order chi connectivity index (χ1) is 9.83. The van der Waals surface area contributed by atoms with Gasteiger partial charge in [-0.1, -0.05) is 48.9 Å². The summed E-state index contributed by atoms with van der Waals surface area (Å²) in [6, 6.07) is 18.4. The zero-order valence-corrected chi connectivity index (χ0v) is 11.5. The van der Waals surface area contributed by atoms with Crippen LogP contribution in [0, 0.1) is 0 Å². The van der Waals surface area contributed by atoms with E-state index in [4.69, 9.17) is 4.74 Å². The Morgan fingerprint density at radius 1 is 0.800 bits per heavy atom.